The summed E-state index contributed by atoms with van der Waals surface area (Å²) >= 11 is 0. The average Bonchev–Trinajstić information content (AvgIpc) is 2.12. The van der Waals surface area contributed by atoms with Crippen LogP contribution in [-0.4, -0.2) is 63.2 Å². The Morgan fingerprint density at radius 2 is 1.31 bits per heavy atom. The normalized spacial score (nSPS) is 11.5. The number of hydrogen-bond acceptors (Lipinski definition) is 4. The molecule has 0 radical (unpaired) electrons. The van der Waals surface area contributed by atoms with E-state index in [9.17, 15) is 0 Å². The molecule has 4 nitrogen and oxygen atoms in total. The highest BCUT2D eigenvalue weighted by atomic mass is 15.2. The highest BCUT2D eigenvalue weighted by molar-refractivity contribution is 4.57. The van der Waals surface area contributed by atoms with Gasteiger partial charge in [0.2, 0.25) is 0 Å². The van der Waals surface area contributed by atoms with Gasteiger partial charge in [0.15, 0.2) is 0 Å². The molecule has 0 saturated carbocycles. The molecule has 0 heterocycles. The summed E-state index contributed by atoms with van der Waals surface area (Å²) in [5.74, 6) is 0. The van der Waals surface area contributed by atoms with Crippen molar-refractivity contribution < 1.29 is 0 Å². The van der Waals surface area contributed by atoms with Gasteiger partial charge in [0.25, 0.3) is 0 Å². The van der Waals surface area contributed by atoms with Crippen LogP contribution in [0.15, 0.2) is 0 Å². The molecular weight excluding hydrogens is 164 g/mol. The Morgan fingerprint density at radius 1 is 0.769 bits per heavy atom. The summed E-state index contributed by atoms with van der Waals surface area (Å²) < 4.78 is 0. The van der Waals surface area contributed by atoms with Crippen molar-refractivity contribution >= 4 is 0 Å². The zero-order chi connectivity index (χ0) is 10.1. The van der Waals surface area contributed by atoms with Crippen LogP contribution in [0.2, 0.25) is 0 Å². The van der Waals surface area contributed by atoms with E-state index in [4.69, 9.17) is 11.5 Å². The van der Waals surface area contributed by atoms with Crippen molar-refractivity contribution in [3.8, 4) is 0 Å². The van der Waals surface area contributed by atoms with Crippen molar-refractivity contribution in [1.82, 2.24) is 9.80 Å². The van der Waals surface area contributed by atoms with Crippen LogP contribution in [0.5, 0.6) is 0 Å². The van der Waals surface area contributed by atoms with E-state index in [1.807, 2.05) is 0 Å². The van der Waals surface area contributed by atoms with Gasteiger partial charge in [-0.2, -0.15) is 0 Å². The van der Waals surface area contributed by atoms with Crippen LogP contribution in [-0.2, 0) is 0 Å². The molecule has 0 fully saturated rings. The van der Waals surface area contributed by atoms with E-state index in [-0.39, 0.29) is 0 Å². The molecule has 0 aromatic carbocycles. The van der Waals surface area contributed by atoms with Gasteiger partial charge in [-0.15, -0.1) is 0 Å². The Balaban J connectivity index is 3.29. The Hall–Kier alpha value is -0.160. The predicted octanol–water partition coefficient (Wildman–Crippen LogP) is -0.842. The molecule has 0 aliphatic rings. The van der Waals surface area contributed by atoms with E-state index >= 15 is 0 Å². The SMILES string of the molecule is CN(CCN)CCN(C)CCCN. The highest BCUT2D eigenvalue weighted by Gasteiger charge is 2.00. The summed E-state index contributed by atoms with van der Waals surface area (Å²) in [6.45, 7) is 5.76. The lowest BCUT2D eigenvalue weighted by molar-refractivity contribution is 0.259. The van der Waals surface area contributed by atoms with Gasteiger partial charge < -0.3 is 21.3 Å². The molecule has 0 aliphatic carbocycles. The van der Waals surface area contributed by atoms with Gasteiger partial charge in [-0.25, -0.2) is 0 Å². The van der Waals surface area contributed by atoms with E-state index < -0.39 is 0 Å². The summed E-state index contributed by atoms with van der Waals surface area (Å²) in [6.07, 6.45) is 1.08. The second kappa shape index (κ2) is 8.44. The highest BCUT2D eigenvalue weighted by Crippen LogP contribution is 1.87. The zero-order valence-electron chi connectivity index (χ0n) is 9.00. The molecule has 0 aromatic heterocycles. The van der Waals surface area contributed by atoms with Crippen LogP contribution in [0.3, 0.4) is 0 Å². The molecule has 4 N–H and O–H groups in total. The van der Waals surface area contributed by atoms with Crippen molar-refractivity contribution in [3.63, 3.8) is 0 Å². The molecule has 0 amide bonds. The predicted molar refractivity (Wildman–Crippen MR) is 57.7 cm³/mol. The van der Waals surface area contributed by atoms with Gasteiger partial charge in [0.1, 0.15) is 0 Å². The van der Waals surface area contributed by atoms with Gasteiger partial charge in [-0.05, 0) is 33.6 Å². The fourth-order valence-corrected chi connectivity index (χ4v) is 1.15. The van der Waals surface area contributed by atoms with Crippen LogP contribution in [0, 0.1) is 0 Å². The number of hydrogen-bond donors (Lipinski definition) is 2. The number of likely N-dealkylation sites (N-methyl/N-ethyl adjacent to an activating group) is 2. The Labute approximate surface area is 81.9 Å². The summed E-state index contributed by atoms with van der Waals surface area (Å²) in [5, 5.41) is 0. The Kier molecular flexibility index (Phi) is 8.33. The Morgan fingerprint density at radius 3 is 1.77 bits per heavy atom. The molecule has 80 valence electrons. The van der Waals surface area contributed by atoms with E-state index in [0.717, 1.165) is 45.7 Å². The molecular formula is C9H24N4. The number of nitrogens with zero attached hydrogens (tertiary/aromatic N) is 2. The van der Waals surface area contributed by atoms with E-state index in [1.54, 1.807) is 0 Å². The van der Waals surface area contributed by atoms with Crippen LogP contribution in [0.1, 0.15) is 6.42 Å². The van der Waals surface area contributed by atoms with Gasteiger partial charge in [-0.1, -0.05) is 0 Å². The molecule has 0 rings (SSSR count). The average molecular weight is 188 g/mol. The lowest BCUT2D eigenvalue weighted by atomic mass is 10.4. The van der Waals surface area contributed by atoms with Crippen molar-refractivity contribution in [3.05, 3.63) is 0 Å². The van der Waals surface area contributed by atoms with Crippen molar-refractivity contribution in [2.75, 3.05) is 53.4 Å². The minimum atomic E-state index is 0.739. The fraction of sp³-hybridized carbons (Fsp3) is 1.00. The van der Waals surface area contributed by atoms with Gasteiger partial charge >= 0.3 is 0 Å². The molecule has 0 saturated heterocycles. The van der Waals surface area contributed by atoms with E-state index in [2.05, 4.69) is 23.9 Å². The maximum atomic E-state index is 5.44. The van der Waals surface area contributed by atoms with Crippen LogP contribution in [0.25, 0.3) is 0 Å². The first-order valence-corrected chi connectivity index (χ1v) is 4.98. The molecule has 0 unspecified atom stereocenters. The second-order valence-electron chi connectivity index (χ2n) is 3.54. The second-order valence-corrected chi connectivity index (χ2v) is 3.54. The first-order chi connectivity index (χ1) is 6.20. The maximum Gasteiger partial charge on any atom is 0.0107 e. The molecule has 0 spiro atoms. The molecule has 0 aliphatic heterocycles. The molecule has 0 bridgehead atoms. The minimum absolute atomic E-state index is 0.739. The fourth-order valence-electron chi connectivity index (χ4n) is 1.15. The number of nitrogens with two attached hydrogens (primary N) is 2. The smallest absolute Gasteiger partial charge is 0.0107 e. The third kappa shape index (κ3) is 8.18. The summed E-state index contributed by atoms with van der Waals surface area (Å²) in [4.78, 5) is 4.55. The first kappa shape index (κ1) is 12.8. The summed E-state index contributed by atoms with van der Waals surface area (Å²) in [6, 6.07) is 0. The quantitative estimate of drug-likeness (QED) is 0.521. The van der Waals surface area contributed by atoms with Crippen LogP contribution >= 0.6 is 0 Å². The van der Waals surface area contributed by atoms with Crippen molar-refractivity contribution in [1.29, 1.82) is 0 Å². The molecule has 0 aromatic rings. The Bertz CT molecular complexity index is 108. The van der Waals surface area contributed by atoms with Crippen molar-refractivity contribution in [2.24, 2.45) is 11.5 Å². The van der Waals surface area contributed by atoms with Gasteiger partial charge in [0.05, 0.1) is 0 Å². The van der Waals surface area contributed by atoms with E-state index in [0.29, 0.717) is 0 Å². The van der Waals surface area contributed by atoms with Crippen molar-refractivity contribution in [2.45, 2.75) is 6.42 Å². The van der Waals surface area contributed by atoms with Gasteiger partial charge in [0, 0.05) is 26.2 Å². The molecule has 4 heteroatoms. The largest absolute Gasteiger partial charge is 0.330 e. The third-order valence-corrected chi connectivity index (χ3v) is 2.12. The lowest BCUT2D eigenvalue weighted by Gasteiger charge is -2.21. The van der Waals surface area contributed by atoms with Crippen LogP contribution in [0.4, 0.5) is 0 Å². The lowest BCUT2D eigenvalue weighted by Crippen LogP contribution is -2.34. The third-order valence-electron chi connectivity index (χ3n) is 2.12. The minimum Gasteiger partial charge on any atom is -0.330 e. The maximum absolute atomic E-state index is 5.44. The summed E-state index contributed by atoms with van der Waals surface area (Å²) in [5.41, 5.74) is 10.9. The zero-order valence-corrected chi connectivity index (χ0v) is 9.00. The number of rotatable bonds is 8. The topological polar surface area (TPSA) is 58.5 Å². The summed E-state index contributed by atoms with van der Waals surface area (Å²) in [7, 11) is 4.23. The van der Waals surface area contributed by atoms with E-state index in [1.165, 1.54) is 0 Å². The molecule has 13 heavy (non-hydrogen) atoms. The van der Waals surface area contributed by atoms with Crippen LogP contribution < -0.4 is 11.5 Å². The standard InChI is InChI=1S/C9H24N4/c1-12(6-3-4-10)8-9-13(2)7-5-11/h3-11H2,1-2H3. The molecule has 0 atom stereocenters. The monoisotopic (exact) mass is 188 g/mol. The van der Waals surface area contributed by atoms with Gasteiger partial charge in [-0.3, -0.25) is 0 Å². The first-order valence-electron chi connectivity index (χ1n) is 4.98.